The lowest BCUT2D eigenvalue weighted by Crippen LogP contribution is -2.17. The monoisotopic (exact) mass is 219 g/mol. The van der Waals surface area contributed by atoms with Crippen molar-refractivity contribution in [2.45, 2.75) is 51.0 Å². The molecule has 1 aliphatic carbocycles. The third-order valence-corrected chi connectivity index (χ3v) is 3.66. The summed E-state index contributed by atoms with van der Waals surface area (Å²) in [4.78, 5) is 4.00. The highest BCUT2D eigenvalue weighted by atomic mass is 16.3. The predicted molar refractivity (Wildman–Crippen MR) is 65.1 cm³/mol. The summed E-state index contributed by atoms with van der Waals surface area (Å²) in [5, 5.41) is 10.0. The van der Waals surface area contributed by atoms with E-state index in [0.29, 0.717) is 5.92 Å². The van der Waals surface area contributed by atoms with Gasteiger partial charge in [0.15, 0.2) is 0 Å². The third kappa shape index (κ3) is 3.31. The molecule has 0 aliphatic heterocycles. The van der Waals surface area contributed by atoms with Crippen molar-refractivity contribution in [3.63, 3.8) is 0 Å². The maximum atomic E-state index is 10.0. The number of aryl methyl sites for hydroxylation is 1. The number of aliphatic hydroxyl groups excluding tert-OH is 1. The normalized spacial score (nSPS) is 18.8. The number of nitrogens with zero attached hydrogens (tertiary/aromatic N) is 1. The molecule has 0 saturated heterocycles. The van der Waals surface area contributed by atoms with Crippen molar-refractivity contribution in [3.05, 3.63) is 30.1 Å². The Morgan fingerprint density at radius 1 is 1.25 bits per heavy atom. The summed E-state index contributed by atoms with van der Waals surface area (Å²) >= 11 is 0. The summed E-state index contributed by atoms with van der Waals surface area (Å²) in [6, 6.07) is 4.11. The van der Waals surface area contributed by atoms with E-state index in [9.17, 15) is 5.11 Å². The molecule has 1 aliphatic rings. The second-order valence-corrected chi connectivity index (χ2v) is 4.86. The van der Waals surface area contributed by atoms with E-state index in [1.54, 1.807) is 0 Å². The maximum absolute atomic E-state index is 10.0. The fraction of sp³-hybridized carbons (Fsp3) is 0.643. The summed E-state index contributed by atoms with van der Waals surface area (Å²) in [6.07, 6.45) is 11.8. The van der Waals surface area contributed by atoms with E-state index in [4.69, 9.17) is 0 Å². The van der Waals surface area contributed by atoms with E-state index in [-0.39, 0.29) is 6.10 Å². The number of pyridine rings is 1. The van der Waals surface area contributed by atoms with Gasteiger partial charge in [0.1, 0.15) is 0 Å². The second kappa shape index (κ2) is 6.00. The maximum Gasteiger partial charge on any atom is 0.0568 e. The summed E-state index contributed by atoms with van der Waals surface area (Å²) in [5.41, 5.74) is 1.33. The molecular weight excluding hydrogens is 198 g/mol. The molecule has 0 aromatic carbocycles. The Morgan fingerprint density at radius 3 is 2.62 bits per heavy atom. The van der Waals surface area contributed by atoms with Gasteiger partial charge in [0.25, 0.3) is 0 Å². The van der Waals surface area contributed by atoms with Crippen LogP contribution in [0.1, 0.15) is 44.1 Å². The summed E-state index contributed by atoms with van der Waals surface area (Å²) in [7, 11) is 0. The van der Waals surface area contributed by atoms with Gasteiger partial charge < -0.3 is 5.11 Å². The Bertz CT molecular complexity index is 293. The summed E-state index contributed by atoms with van der Waals surface area (Å²) < 4.78 is 0. The second-order valence-electron chi connectivity index (χ2n) is 4.86. The first kappa shape index (κ1) is 11.6. The Hall–Kier alpha value is -0.890. The van der Waals surface area contributed by atoms with Gasteiger partial charge in [-0.3, -0.25) is 4.98 Å². The van der Waals surface area contributed by atoms with E-state index in [1.165, 1.54) is 31.2 Å². The van der Waals surface area contributed by atoms with Crippen LogP contribution in [0.3, 0.4) is 0 Å². The first-order valence-electron chi connectivity index (χ1n) is 6.43. The van der Waals surface area contributed by atoms with Crippen LogP contribution in [0.15, 0.2) is 24.5 Å². The Kier molecular flexibility index (Phi) is 4.34. The fourth-order valence-electron chi connectivity index (χ4n) is 2.64. The molecule has 1 heterocycles. The average molecular weight is 219 g/mol. The van der Waals surface area contributed by atoms with Crippen LogP contribution in [0.2, 0.25) is 0 Å². The van der Waals surface area contributed by atoms with E-state index in [2.05, 4.69) is 17.1 Å². The van der Waals surface area contributed by atoms with Crippen LogP contribution in [0.25, 0.3) is 0 Å². The molecule has 2 rings (SSSR count). The molecule has 0 spiro atoms. The zero-order valence-electron chi connectivity index (χ0n) is 9.81. The van der Waals surface area contributed by atoms with Crippen LogP contribution in [-0.2, 0) is 6.42 Å². The van der Waals surface area contributed by atoms with Gasteiger partial charge in [-0.2, -0.15) is 0 Å². The minimum absolute atomic E-state index is 0.0654. The zero-order chi connectivity index (χ0) is 11.2. The largest absolute Gasteiger partial charge is 0.393 e. The molecule has 2 nitrogen and oxygen atoms in total. The molecule has 1 aromatic heterocycles. The van der Waals surface area contributed by atoms with Gasteiger partial charge >= 0.3 is 0 Å². The lowest BCUT2D eigenvalue weighted by Gasteiger charge is -2.17. The molecule has 1 fully saturated rings. The summed E-state index contributed by atoms with van der Waals surface area (Å²) in [6.45, 7) is 0. The molecule has 1 unspecified atom stereocenters. The molecule has 1 N–H and O–H groups in total. The third-order valence-electron chi connectivity index (χ3n) is 3.66. The van der Waals surface area contributed by atoms with Crippen molar-refractivity contribution in [1.29, 1.82) is 0 Å². The van der Waals surface area contributed by atoms with Crippen molar-refractivity contribution in [1.82, 2.24) is 4.98 Å². The fourth-order valence-corrected chi connectivity index (χ4v) is 2.64. The van der Waals surface area contributed by atoms with Gasteiger partial charge in [-0.05, 0) is 55.7 Å². The highest BCUT2D eigenvalue weighted by Crippen LogP contribution is 2.29. The van der Waals surface area contributed by atoms with E-state index in [0.717, 1.165) is 19.3 Å². The van der Waals surface area contributed by atoms with E-state index < -0.39 is 0 Å². The van der Waals surface area contributed by atoms with Crippen molar-refractivity contribution in [2.75, 3.05) is 0 Å². The number of hydrogen-bond acceptors (Lipinski definition) is 2. The first-order valence-corrected chi connectivity index (χ1v) is 6.43. The average Bonchev–Trinajstić information content (AvgIpc) is 2.84. The minimum Gasteiger partial charge on any atom is -0.393 e. The van der Waals surface area contributed by atoms with Crippen molar-refractivity contribution >= 4 is 0 Å². The zero-order valence-corrected chi connectivity index (χ0v) is 9.81. The van der Waals surface area contributed by atoms with Gasteiger partial charge in [-0.15, -0.1) is 0 Å². The lowest BCUT2D eigenvalue weighted by atomic mass is 9.95. The molecule has 0 radical (unpaired) electrons. The molecule has 1 saturated carbocycles. The van der Waals surface area contributed by atoms with Crippen molar-refractivity contribution in [3.8, 4) is 0 Å². The predicted octanol–water partition coefficient (Wildman–Crippen LogP) is 2.96. The van der Waals surface area contributed by atoms with Gasteiger partial charge in [0.2, 0.25) is 0 Å². The molecular formula is C14H21NO. The Labute approximate surface area is 97.7 Å². The highest BCUT2D eigenvalue weighted by molar-refractivity contribution is 5.09. The molecule has 2 heteroatoms. The van der Waals surface area contributed by atoms with Gasteiger partial charge in [0.05, 0.1) is 6.10 Å². The quantitative estimate of drug-likeness (QED) is 0.826. The standard InChI is InChI=1S/C14H21NO/c16-14(13-5-1-2-6-13)7-3-4-12-8-10-15-11-9-12/h8-11,13-14,16H,1-7H2. The Morgan fingerprint density at radius 2 is 1.94 bits per heavy atom. The smallest absolute Gasteiger partial charge is 0.0568 e. The Balaban J connectivity index is 1.67. The van der Waals surface area contributed by atoms with Gasteiger partial charge in [-0.25, -0.2) is 0 Å². The van der Waals surface area contributed by atoms with Crippen molar-refractivity contribution < 1.29 is 5.11 Å². The van der Waals surface area contributed by atoms with Crippen LogP contribution in [0.4, 0.5) is 0 Å². The minimum atomic E-state index is -0.0654. The number of aliphatic hydroxyl groups is 1. The molecule has 1 atom stereocenters. The highest BCUT2D eigenvalue weighted by Gasteiger charge is 2.22. The molecule has 1 aromatic rings. The number of aromatic nitrogens is 1. The molecule has 88 valence electrons. The van der Waals surface area contributed by atoms with E-state index >= 15 is 0 Å². The number of hydrogen-bond donors (Lipinski definition) is 1. The van der Waals surface area contributed by atoms with Crippen LogP contribution in [0.5, 0.6) is 0 Å². The van der Waals surface area contributed by atoms with Crippen LogP contribution in [0, 0.1) is 5.92 Å². The molecule has 0 amide bonds. The van der Waals surface area contributed by atoms with Crippen LogP contribution < -0.4 is 0 Å². The SMILES string of the molecule is OC(CCCc1ccncc1)C1CCCC1. The topological polar surface area (TPSA) is 33.1 Å². The molecule has 16 heavy (non-hydrogen) atoms. The van der Waals surface area contributed by atoms with E-state index in [1.807, 2.05) is 12.4 Å². The summed E-state index contributed by atoms with van der Waals surface area (Å²) in [5.74, 6) is 0.581. The first-order chi connectivity index (χ1) is 7.86. The van der Waals surface area contributed by atoms with Crippen LogP contribution in [-0.4, -0.2) is 16.2 Å². The molecule has 0 bridgehead atoms. The van der Waals surface area contributed by atoms with Crippen molar-refractivity contribution in [2.24, 2.45) is 5.92 Å². The van der Waals surface area contributed by atoms with Crippen LogP contribution >= 0.6 is 0 Å². The van der Waals surface area contributed by atoms with Gasteiger partial charge in [-0.1, -0.05) is 12.8 Å². The number of rotatable bonds is 5. The van der Waals surface area contributed by atoms with Gasteiger partial charge in [0, 0.05) is 12.4 Å². The lowest BCUT2D eigenvalue weighted by molar-refractivity contribution is 0.0998.